The van der Waals surface area contributed by atoms with Gasteiger partial charge in [-0.3, -0.25) is 9.97 Å². The van der Waals surface area contributed by atoms with Gasteiger partial charge in [0.2, 0.25) is 0 Å². The van der Waals surface area contributed by atoms with Gasteiger partial charge < -0.3 is 0 Å². The van der Waals surface area contributed by atoms with Crippen LogP contribution in [0.4, 0.5) is 0 Å². The highest BCUT2D eigenvalue weighted by Crippen LogP contribution is 2.22. The largest absolute Gasteiger partial charge is 0.255 e. The molecule has 0 fully saturated rings. The molecule has 0 aliphatic heterocycles. The van der Waals surface area contributed by atoms with Crippen LogP contribution in [0.3, 0.4) is 0 Å². The average Bonchev–Trinajstić information content (AvgIpc) is 2.42. The average molecular weight is 234 g/mol. The van der Waals surface area contributed by atoms with Gasteiger partial charge in [-0.15, -0.1) is 0 Å². The molecular formula is C14H10N4. The monoisotopic (exact) mass is 234 g/mol. The highest BCUT2D eigenvalue weighted by atomic mass is 14.8. The van der Waals surface area contributed by atoms with Gasteiger partial charge >= 0.3 is 0 Å². The molecule has 2 aromatic rings. The van der Waals surface area contributed by atoms with Crippen LogP contribution >= 0.6 is 0 Å². The summed E-state index contributed by atoms with van der Waals surface area (Å²) in [7, 11) is 0. The van der Waals surface area contributed by atoms with Crippen LogP contribution in [0, 0.1) is 22.7 Å². The van der Waals surface area contributed by atoms with Crippen molar-refractivity contribution in [3.05, 3.63) is 47.8 Å². The van der Waals surface area contributed by atoms with Crippen molar-refractivity contribution in [1.29, 1.82) is 10.5 Å². The van der Waals surface area contributed by atoms with Gasteiger partial charge in [0, 0.05) is 12.4 Å². The summed E-state index contributed by atoms with van der Waals surface area (Å²) in [6.45, 7) is 0. The van der Waals surface area contributed by atoms with E-state index in [2.05, 4.69) is 22.1 Å². The molecule has 0 aliphatic rings. The molecule has 0 saturated carbocycles. The van der Waals surface area contributed by atoms with Crippen LogP contribution in [0.5, 0.6) is 0 Å². The maximum Gasteiger partial charge on any atom is 0.0931 e. The van der Waals surface area contributed by atoms with Crippen LogP contribution in [0.2, 0.25) is 0 Å². The van der Waals surface area contributed by atoms with Gasteiger partial charge in [-0.1, -0.05) is 6.07 Å². The summed E-state index contributed by atoms with van der Waals surface area (Å²) in [5.41, 5.74) is 3.04. The van der Waals surface area contributed by atoms with Gasteiger partial charge in [0.1, 0.15) is 0 Å². The number of hydrogen-bond acceptors (Lipinski definition) is 4. The molecule has 0 amide bonds. The van der Waals surface area contributed by atoms with E-state index in [1.807, 2.05) is 18.2 Å². The molecule has 0 spiro atoms. The zero-order chi connectivity index (χ0) is 12.8. The molecular weight excluding hydrogens is 224 g/mol. The molecule has 2 aromatic heterocycles. The molecule has 0 bridgehead atoms. The smallest absolute Gasteiger partial charge is 0.0931 e. The van der Waals surface area contributed by atoms with Crippen LogP contribution in [0.1, 0.15) is 11.1 Å². The molecule has 0 radical (unpaired) electrons. The lowest BCUT2D eigenvalue weighted by atomic mass is 10.00. The number of aromatic nitrogens is 2. The van der Waals surface area contributed by atoms with Gasteiger partial charge in [0.05, 0.1) is 36.4 Å². The Hall–Kier alpha value is -2.72. The number of nitrogens with zero attached hydrogens (tertiary/aromatic N) is 4. The lowest BCUT2D eigenvalue weighted by Crippen LogP contribution is -1.99. The Morgan fingerprint density at radius 3 is 2.44 bits per heavy atom. The third-order valence-electron chi connectivity index (χ3n) is 2.59. The molecule has 2 rings (SSSR count). The minimum atomic E-state index is 0.233. The van der Waals surface area contributed by atoms with Crippen molar-refractivity contribution in [3.8, 4) is 23.5 Å². The quantitative estimate of drug-likeness (QED) is 0.816. The highest BCUT2D eigenvalue weighted by Gasteiger charge is 2.11. The first-order chi connectivity index (χ1) is 8.86. The zero-order valence-electron chi connectivity index (χ0n) is 9.67. The zero-order valence-corrected chi connectivity index (χ0v) is 9.67. The molecule has 0 aliphatic carbocycles. The molecule has 2 heterocycles. The van der Waals surface area contributed by atoms with Crippen LogP contribution in [0.15, 0.2) is 36.7 Å². The molecule has 0 saturated heterocycles. The standard InChI is InChI=1S/C14H10N4/c15-7-4-11-6-10-18-14(12(11)5-8-16)13-3-1-2-9-17-13/h1-3,6,9-10H,4-5H2. The van der Waals surface area contributed by atoms with Gasteiger partial charge in [0.15, 0.2) is 0 Å². The Morgan fingerprint density at radius 2 is 1.78 bits per heavy atom. The fraction of sp³-hybridized carbons (Fsp3) is 0.143. The van der Waals surface area contributed by atoms with Gasteiger partial charge in [-0.05, 0) is 29.3 Å². The molecule has 4 nitrogen and oxygen atoms in total. The summed E-state index contributed by atoms with van der Waals surface area (Å²) in [6.07, 6.45) is 3.85. The van der Waals surface area contributed by atoms with E-state index < -0.39 is 0 Å². The van der Waals surface area contributed by atoms with Gasteiger partial charge in [0.25, 0.3) is 0 Å². The van der Waals surface area contributed by atoms with E-state index in [1.165, 1.54) is 0 Å². The van der Waals surface area contributed by atoms with Crippen LogP contribution in [0.25, 0.3) is 11.4 Å². The Morgan fingerprint density at radius 1 is 0.944 bits per heavy atom. The fourth-order valence-corrected chi connectivity index (χ4v) is 1.78. The predicted octanol–water partition coefficient (Wildman–Crippen LogP) is 2.28. The van der Waals surface area contributed by atoms with Crippen LogP contribution < -0.4 is 0 Å². The van der Waals surface area contributed by atoms with E-state index in [9.17, 15) is 0 Å². The fourth-order valence-electron chi connectivity index (χ4n) is 1.78. The van der Waals surface area contributed by atoms with Crippen LogP contribution in [-0.2, 0) is 12.8 Å². The van der Waals surface area contributed by atoms with E-state index in [4.69, 9.17) is 10.5 Å². The molecule has 0 aromatic carbocycles. The van der Waals surface area contributed by atoms with Crippen molar-refractivity contribution < 1.29 is 0 Å². The predicted molar refractivity (Wildman–Crippen MR) is 66.1 cm³/mol. The maximum atomic E-state index is 8.90. The SMILES string of the molecule is N#CCc1ccnc(-c2ccccn2)c1CC#N. The maximum absolute atomic E-state index is 8.90. The Kier molecular flexibility index (Phi) is 3.63. The Bertz CT molecular complexity index is 620. The summed E-state index contributed by atoms with van der Waals surface area (Å²) in [4.78, 5) is 8.53. The number of hydrogen-bond donors (Lipinski definition) is 0. The summed E-state index contributed by atoms with van der Waals surface area (Å²) in [5, 5.41) is 17.7. The number of pyridine rings is 2. The normalized spacial score (nSPS) is 9.44. The first-order valence-electron chi connectivity index (χ1n) is 5.49. The molecule has 0 unspecified atom stereocenters. The van der Waals surface area contributed by atoms with Gasteiger partial charge in [-0.25, -0.2) is 0 Å². The first kappa shape index (κ1) is 11.8. The Labute approximate surface area is 105 Å². The number of rotatable bonds is 3. The molecule has 18 heavy (non-hydrogen) atoms. The minimum Gasteiger partial charge on any atom is -0.255 e. The summed E-state index contributed by atoms with van der Waals surface area (Å²) in [6, 6.07) is 11.5. The van der Waals surface area contributed by atoms with Crippen molar-refractivity contribution in [2.45, 2.75) is 12.8 Å². The summed E-state index contributed by atoms with van der Waals surface area (Å²) in [5.74, 6) is 0. The first-order valence-corrected chi connectivity index (χ1v) is 5.49. The second kappa shape index (κ2) is 5.56. The van der Waals surface area contributed by atoms with Crippen molar-refractivity contribution in [3.63, 3.8) is 0 Å². The third-order valence-corrected chi connectivity index (χ3v) is 2.59. The third kappa shape index (κ3) is 2.34. The van der Waals surface area contributed by atoms with E-state index >= 15 is 0 Å². The van der Waals surface area contributed by atoms with Crippen molar-refractivity contribution in [1.82, 2.24) is 9.97 Å². The minimum absolute atomic E-state index is 0.233. The lowest BCUT2D eigenvalue weighted by molar-refractivity contribution is 1.10. The molecule has 0 atom stereocenters. The Balaban J connectivity index is 2.58. The molecule has 86 valence electrons. The van der Waals surface area contributed by atoms with Crippen molar-refractivity contribution >= 4 is 0 Å². The second-order valence-corrected chi connectivity index (χ2v) is 3.68. The summed E-state index contributed by atoms with van der Waals surface area (Å²) < 4.78 is 0. The van der Waals surface area contributed by atoms with Gasteiger partial charge in [-0.2, -0.15) is 10.5 Å². The van der Waals surface area contributed by atoms with Crippen molar-refractivity contribution in [2.24, 2.45) is 0 Å². The van der Waals surface area contributed by atoms with E-state index in [-0.39, 0.29) is 12.8 Å². The topological polar surface area (TPSA) is 73.4 Å². The van der Waals surface area contributed by atoms with E-state index in [0.717, 1.165) is 16.8 Å². The highest BCUT2D eigenvalue weighted by molar-refractivity contribution is 5.61. The van der Waals surface area contributed by atoms with E-state index in [0.29, 0.717) is 5.69 Å². The van der Waals surface area contributed by atoms with Crippen molar-refractivity contribution in [2.75, 3.05) is 0 Å². The van der Waals surface area contributed by atoms with E-state index in [1.54, 1.807) is 18.5 Å². The molecule has 4 heteroatoms. The second-order valence-electron chi connectivity index (χ2n) is 3.68. The lowest BCUT2D eigenvalue weighted by Gasteiger charge is -2.08. The van der Waals surface area contributed by atoms with Crippen LogP contribution in [-0.4, -0.2) is 9.97 Å². The molecule has 0 N–H and O–H groups in total. The summed E-state index contributed by atoms with van der Waals surface area (Å²) >= 11 is 0. The number of nitriles is 2.